The van der Waals surface area contributed by atoms with Gasteiger partial charge in [-0.3, -0.25) is 0 Å². The van der Waals surface area contributed by atoms with Crippen molar-refractivity contribution < 1.29 is 4.74 Å². The van der Waals surface area contributed by atoms with Crippen LogP contribution in [0.25, 0.3) is 10.8 Å². The molecule has 4 heteroatoms. The molecule has 0 aliphatic heterocycles. The van der Waals surface area contributed by atoms with Crippen LogP contribution in [0.2, 0.25) is 10.0 Å². The van der Waals surface area contributed by atoms with Gasteiger partial charge in [-0.05, 0) is 84.2 Å². The monoisotopic (exact) mass is 493 g/mol. The second-order valence-corrected chi connectivity index (χ2v) is 12.9. The van der Waals surface area contributed by atoms with Gasteiger partial charge >= 0.3 is 0 Å². The molecule has 4 aliphatic rings. The number of halogens is 2. The standard InChI is InChI=1S/C30H33Cl2NO/c1-28-12-20-13-29(2,17-28)19-30(14-20,18-28)33-15-25-24-6-4-3-5-21(24)8-10-27(25)34-16-22-7-9-23(31)11-26(22)32/h3-11,20,33H,12-19H2,1-2H3. The number of ether oxygens (including phenoxy) is 1. The van der Waals surface area contributed by atoms with Crippen LogP contribution in [0, 0.1) is 16.7 Å². The Morgan fingerprint density at radius 3 is 2.41 bits per heavy atom. The summed E-state index contributed by atoms with van der Waals surface area (Å²) in [7, 11) is 0. The van der Waals surface area contributed by atoms with Gasteiger partial charge in [0.05, 0.1) is 0 Å². The normalized spacial score (nSPS) is 31.8. The maximum atomic E-state index is 6.42. The summed E-state index contributed by atoms with van der Waals surface area (Å²) < 4.78 is 6.40. The predicted octanol–water partition coefficient (Wildman–Crippen LogP) is 8.56. The molecule has 2 atom stereocenters. The van der Waals surface area contributed by atoms with Gasteiger partial charge in [-0.1, -0.05) is 73.4 Å². The maximum Gasteiger partial charge on any atom is 0.124 e. The van der Waals surface area contributed by atoms with Crippen LogP contribution < -0.4 is 10.1 Å². The van der Waals surface area contributed by atoms with Crippen molar-refractivity contribution in [1.82, 2.24) is 5.32 Å². The van der Waals surface area contributed by atoms with E-state index in [9.17, 15) is 0 Å². The minimum Gasteiger partial charge on any atom is -0.488 e. The van der Waals surface area contributed by atoms with E-state index in [1.54, 1.807) is 6.07 Å². The van der Waals surface area contributed by atoms with Gasteiger partial charge in [0, 0.05) is 33.3 Å². The summed E-state index contributed by atoms with van der Waals surface area (Å²) in [5.41, 5.74) is 3.42. The van der Waals surface area contributed by atoms with Crippen LogP contribution >= 0.6 is 23.2 Å². The van der Waals surface area contributed by atoms with Crippen LogP contribution in [0.1, 0.15) is 63.5 Å². The molecule has 4 fully saturated rings. The van der Waals surface area contributed by atoms with Crippen molar-refractivity contribution in [2.45, 2.75) is 71.1 Å². The topological polar surface area (TPSA) is 21.3 Å². The molecule has 0 radical (unpaired) electrons. The lowest BCUT2D eigenvalue weighted by atomic mass is 9.43. The van der Waals surface area contributed by atoms with Crippen molar-refractivity contribution in [3.05, 3.63) is 75.8 Å². The number of nitrogens with one attached hydrogen (secondary N) is 1. The molecule has 0 heterocycles. The minimum absolute atomic E-state index is 0.247. The van der Waals surface area contributed by atoms with Gasteiger partial charge in [0.15, 0.2) is 0 Å². The fourth-order valence-corrected chi connectivity index (χ4v) is 8.81. The van der Waals surface area contributed by atoms with E-state index in [1.807, 2.05) is 12.1 Å². The summed E-state index contributed by atoms with van der Waals surface area (Å²) in [4.78, 5) is 0. The lowest BCUT2D eigenvalue weighted by Crippen LogP contribution is -2.63. The Morgan fingerprint density at radius 2 is 1.68 bits per heavy atom. The zero-order valence-electron chi connectivity index (χ0n) is 20.1. The van der Waals surface area contributed by atoms with Crippen LogP contribution in [-0.4, -0.2) is 5.54 Å². The number of fused-ring (bicyclic) bond motifs is 1. The molecule has 2 unspecified atom stereocenters. The SMILES string of the molecule is CC12CC3CC(C)(C1)CC(NCc1c(OCc4ccc(Cl)cc4Cl)ccc4ccccc14)(C3)C2. The van der Waals surface area contributed by atoms with E-state index in [4.69, 9.17) is 27.9 Å². The van der Waals surface area contributed by atoms with Gasteiger partial charge in [-0.25, -0.2) is 0 Å². The van der Waals surface area contributed by atoms with Crippen molar-refractivity contribution in [2.24, 2.45) is 16.7 Å². The first kappa shape index (κ1) is 22.7. The summed E-state index contributed by atoms with van der Waals surface area (Å²) in [6.45, 7) is 6.32. The summed E-state index contributed by atoms with van der Waals surface area (Å²) in [6, 6.07) is 18.5. The van der Waals surface area contributed by atoms with E-state index in [-0.39, 0.29) is 5.54 Å². The van der Waals surface area contributed by atoms with Crippen LogP contribution in [0.4, 0.5) is 0 Å². The van der Waals surface area contributed by atoms with Gasteiger partial charge < -0.3 is 10.1 Å². The quantitative estimate of drug-likeness (QED) is 0.371. The molecule has 7 rings (SSSR count). The first-order valence-electron chi connectivity index (χ1n) is 12.6. The van der Waals surface area contributed by atoms with Gasteiger partial charge in [0.25, 0.3) is 0 Å². The van der Waals surface area contributed by atoms with E-state index in [0.29, 0.717) is 27.5 Å². The molecule has 2 nitrogen and oxygen atoms in total. The van der Waals surface area contributed by atoms with Crippen LogP contribution in [0.5, 0.6) is 5.75 Å². The van der Waals surface area contributed by atoms with E-state index < -0.39 is 0 Å². The first-order chi connectivity index (χ1) is 16.2. The van der Waals surface area contributed by atoms with E-state index in [2.05, 4.69) is 55.6 Å². The maximum absolute atomic E-state index is 6.42. The molecule has 4 saturated carbocycles. The molecule has 3 aromatic carbocycles. The van der Waals surface area contributed by atoms with Gasteiger partial charge in [-0.2, -0.15) is 0 Å². The minimum atomic E-state index is 0.247. The Labute approximate surface area is 213 Å². The largest absolute Gasteiger partial charge is 0.488 e. The molecular formula is C30H33Cl2NO. The average Bonchev–Trinajstić information content (AvgIpc) is 2.75. The van der Waals surface area contributed by atoms with E-state index >= 15 is 0 Å². The highest BCUT2D eigenvalue weighted by Gasteiger charge is 2.59. The Hall–Kier alpha value is -1.74. The summed E-state index contributed by atoms with van der Waals surface area (Å²) in [5, 5.41) is 7.91. The number of hydrogen-bond acceptors (Lipinski definition) is 2. The van der Waals surface area contributed by atoms with Gasteiger partial charge in [-0.15, -0.1) is 0 Å². The lowest BCUT2D eigenvalue weighted by molar-refractivity contribution is -0.118. The Morgan fingerprint density at radius 1 is 0.912 bits per heavy atom. The Kier molecular flexibility index (Phi) is 5.44. The molecular weight excluding hydrogens is 461 g/mol. The zero-order chi connectivity index (χ0) is 23.6. The lowest BCUT2D eigenvalue weighted by Gasteiger charge is -2.65. The van der Waals surface area contributed by atoms with E-state index in [1.165, 1.54) is 54.9 Å². The third-order valence-corrected chi connectivity index (χ3v) is 9.25. The zero-order valence-corrected chi connectivity index (χ0v) is 21.6. The molecule has 0 spiro atoms. The van der Waals surface area contributed by atoms with Gasteiger partial charge in [0.1, 0.15) is 12.4 Å². The third-order valence-electron chi connectivity index (χ3n) is 8.66. The highest BCUT2D eigenvalue weighted by molar-refractivity contribution is 6.35. The Balaban J connectivity index is 1.29. The van der Waals surface area contributed by atoms with Crippen molar-refractivity contribution in [1.29, 1.82) is 0 Å². The molecule has 0 aromatic heterocycles. The van der Waals surface area contributed by atoms with Gasteiger partial charge in [0.2, 0.25) is 0 Å². The van der Waals surface area contributed by atoms with Crippen molar-refractivity contribution in [2.75, 3.05) is 0 Å². The van der Waals surface area contributed by atoms with Crippen LogP contribution in [0.15, 0.2) is 54.6 Å². The first-order valence-corrected chi connectivity index (χ1v) is 13.3. The number of rotatable bonds is 6. The fraction of sp³-hybridized carbons (Fsp3) is 0.467. The van der Waals surface area contributed by atoms with Crippen molar-refractivity contribution in [3.63, 3.8) is 0 Å². The van der Waals surface area contributed by atoms with Crippen molar-refractivity contribution in [3.8, 4) is 5.75 Å². The molecule has 34 heavy (non-hydrogen) atoms. The third kappa shape index (κ3) is 4.12. The highest BCUT2D eigenvalue weighted by Crippen LogP contribution is 2.66. The second-order valence-electron chi connectivity index (χ2n) is 12.1. The average molecular weight is 495 g/mol. The molecule has 4 bridgehead atoms. The summed E-state index contributed by atoms with van der Waals surface area (Å²) >= 11 is 12.5. The van der Waals surface area contributed by atoms with E-state index in [0.717, 1.165) is 23.8 Å². The molecule has 3 aromatic rings. The summed E-state index contributed by atoms with van der Waals surface area (Å²) in [6.07, 6.45) is 8.14. The highest BCUT2D eigenvalue weighted by atomic mass is 35.5. The second kappa shape index (κ2) is 8.15. The van der Waals surface area contributed by atoms with Crippen LogP contribution in [-0.2, 0) is 13.2 Å². The molecule has 4 aliphatic carbocycles. The molecule has 0 amide bonds. The molecule has 0 saturated heterocycles. The van der Waals surface area contributed by atoms with Crippen molar-refractivity contribution >= 4 is 34.0 Å². The molecule has 178 valence electrons. The fourth-order valence-electron chi connectivity index (χ4n) is 8.35. The predicted molar refractivity (Wildman–Crippen MR) is 142 cm³/mol. The number of benzene rings is 3. The smallest absolute Gasteiger partial charge is 0.124 e. The summed E-state index contributed by atoms with van der Waals surface area (Å²) in [5.74, 6) is 1.80. The number of hydrogen-bond donors (Lipinski definition) is 1. The van der Waals surface area contributed by atoms with Crippen LogP contribution in [0.3, 0.4) is 0 Å². The Bertz CT molecular complexity index is 1240. The molecule has 1 N–H and O–H groups in total.